The van der Waals surface area contributed by atoms with Crippen molar-refractivity contribution in [3.63, 3.8) is 0 Å². The van der Waals surface area contributed by atoms with E-state index in [0.29, 0.717) is 0 Å². The van der Waals surface area contributed by atoms with Crippen LogP contribution < -0.4 is 0 Å². The molecule has 0 radical (unpaired) electrons. The molecule has 0 aliphatic rings. The van der Waals surface area contributed by atoms with Crippen LogP contribution in [0.5, 0.6) is 0 Å². The Morgan fingerprint density at radius 1 is 0.952 bits per heavy atom. The van der Waals surface area contributed by atoms with E-state index in [4.69, 9.17) is 0 Å². The summed E-state index contributed by atoms with van der Waals surface area (Å²) in [7, 11) is 0. The minimum absolute atomic E-state index is 0.936. The van der Waals surface area contributed by atoms with Crippen LogP contribution >= 0.6 is 11.8 Å². The normalized spacial score (nSPS) is 11.9. The summed E-state index contributed by atoms with van der Waals surface area (Å²) in [6.45, 7) is 4.43. The minimum Gasteiger partial charge on any atom is -0.193 e. The van der Waals surface area contributed by atoms with E-state index in [1.807, 2.05) is 6.07 Å². The van der Waals surface area contributed by atoms with Gasteiger partial charge in [-0.2, -0.15) is 5.26 Å². The molecule has 0 amide bonds. The van der Waals surface area contributed by atoms with Crippen LogP contribution in [0, 0.1) is 11.3 Å². The number of nitrogens with zero attached hydrogens (tertiary/aromatic N) is 1. The number of benzene rings is 1. The number of thioether (sulfide) groups is 1. The van der Waals surface area contributed by atoms with Gasteiger partial charge in [-0.05, 0) is 37.8 Å². The first kappa shape index (κ1) is 17.9. The lowest BCUT2D eigenvalue weighted by Gasteiger charge is -2.10. The van der Waals surface area contributed by atoms with Crippen molar-refractivity contribution in [1.82, 2.24) is 0 Å². The fraction of sp³-hybridized carbons (Fsp3) is 0.526. The molecule has 114 valence electrons. The molecule has 0 heterocycles. The molecule has 0 aliphatic heterocycles. The maximum atomic E-state index is 9.51. The van der Waals surface area contributed by atoms with Crippen LogP contribution in [0.4, 0.5) is 0 Å². The molecule has 0 fully saturated rings. The van der Waals surface area contributed by atoms with E-state index in [9.17, 15) is 5.26 Å². The van der Waals surface area contributed by atoms with Crippen molar-refractivity contribution in [2.45, 2.75) is 70.1 Å². The van der Waals surface area contributed by atoms with Gasteiger partial charge in [-0.25, -0.2) is 0 Å². The van der Waals surface area contributed by atoms with Crippen molar-refractivity contribution in [3.05, 3.63) is 40.8 Å². The van der Waals surface area contributed by atoms with E-state index in [2.05, 4.69) is 44.2 Å². The second kappa shape index (κ2) is 11.5. The molecule has 0 atom stereocenters. The van der Waals surface area contributed by atoms with Crippen LogP contribution in [0.3, 0.4) is 0 Å². The Morgan fingerprint density at radius 3 is 2.14 bits per heavy atom. The third-order valence-corrected chi connectivity index (χ3v) is 4.70. The largest absolute Gasteiger partial charge is 0.193 e. The minimum atomic E-state index is 0.936. The van der Waals surface area contributed by atoms with Gasteiger partial charge in [0.25, 0.3) is 0 Å². The molecule has 1 rings (SSSR count). The zero-order valence-corrected chi connectivity index (χ0v) is 14.2. The lowest BCUT2D eigenvalue weighted by Crippen LogP contribution is -1.90. The highest BCUT2D eigenvalue weighted by Gasteiger charge is 2.09. The first-order valence-electron chi connectivity index (χ1n) is 8.16. The quantitative estimate of drug-likeness (QED) is 0.272. The summed E-state index contributed by atoms with van der Waals surface area (Å²) < 4.78 is 0. The Labute approximate surface area is 134 Å². The van der Waals surface area contributed by atoms with Crippen molar-refractivity contribution in [1.29, 1.82) is 5.26 Å². The SMILES string of the molecule is CCCCC/C(C#N)=C(/CCCCC)Sc1ccccc1. The third-order valence-electron chi connectivity index (χ3n) is 3.49. The Balaban J connectivity index is 2.79. The average molecular weight is 301 g/mol. The molecule has 0 unspecified atom stereocenters. The fourth-order valence-corrected chi connectivity index (χ4v) is 3.33. The molecule has 0 saturated heterocycles. The predicted octanol–water partition coefficient (Wildman–Crippen LogP) is 6.72. The Hall–Kier alpha value is -1.20. The topological polar surface area (TPSA) is 23.8 Å². The highest BCUT2D eigenvalue weighted by Crippen LogP contribution is 2.34. The van der Waals surface area contributed by atoms with Gasteiger partial charge in [-0.15, -0.1) is 0 Å². The zero-order valence-electron chi connectivity index (χ0n) is 13.4. The van der Waals surface area contributed by atoms with Crippen LogP contribution in [0.15, 0.2) is 45.7 Å². The Morgan fingerprint density at radius 2 is 1.57 bits per heavy atom. The van der Waals surface area contributed by atoms with Gasteiger partial charge in [0.1, 0.15) is 0 Å². The van der Waals surface area contributed by atoms with Gasteiger partial charge < -0.3 is 0 Å². The Kier molecular flexibility index (Phi) is 9.74. The van der Waals surface area contributed by atoms with E-state index < -0.39 is 0 Å². The molecule has 0 N–H and O–H groups in total. The molecule has 21 heavy (non-hydrogen) atoms. The monoisotopic (exact) mass is 301 g/mol. The first-order valence-corrected chi connectivity index (χ1v) is 8.98. The van der Waals surface area contributed by atoms with Crippen molar-refractivity contribution < 1.29 is 0 Å². The molecule has 0 saturated carbocycles. The summed E-state index contributed by atoms with van der Waals surface area (Å²) in [5.41, 5.74) is 1.01. The predicted molar refractivity (Wildman–Crippen MR) is 93.2 cm³/mol. The van der Waals surface area contributed by atoms with Crippen LogP contribution in [0.1, 0.15) is 65.2 Å². The summed E-state index contributed by atoms with van der Waals surface area (Å²) in [6.07, 6.45) is 9.18. The molecule has 0 aliphatic carbocycles. The highest BCUT2D eigenvalue weighted by molar-refractivity contribution is 8.03. The molecule has 1 aromatic carbocycles. The summed E-state index contributed by atoms with van der Waals surface area (Å²) in [5, 5.41) is 9.51. The van der Waals surface area contributed by atoms with Crippen molar-refractivity contribution in [3.8, 4) is 6.07 Å². The van der Waals surface area contributed by atoms with E-state index in [1.165, 1.54) is 41.9 Å². The third kappa shape index (κ3) is 7.39. The number of hydrogen-bond acceptors (Lipinski definition) is 2. The number of unbranched alkanes of at least 4 members (excludes halogenated alkanes) is 4. The van der Waals surface area contributed by atoms with E-state index >= 15 is 0 Å². The van der Waals surface area contributed by atoms with E-state index in [-0.39, 0.29) is 0 Å². The van der Waals surface area contributed by atoms with Crippen LogP contribution in [-0.4, -0.2) is 0 Å². The number of rotatable bonds is 10. The molecule has 0 spiro atoms. The smallest absolute Gasteiger partial charge is 0.0955 e. The average Bonchev–Trinajstić information content (AvgIpc) is 2.52. The second-order valence-electron chi connectivity index (χ2n) is 5.34. The van der Waals surface area contributed by atoms with Crippen LogP contribution in [-0.2, 0) is 0 Å². The second-order valence-corrected chi connectivity index (χ2v) is 6.51. The van der Waals surface area contributed by atoms with Crippen molar-refractivity contribution in [2.24, 2.45) is 0 Å². The molecular weight excluding hydrogens is 274 g/mol. The number of hydrogen-bond donors (Lipinski definition) is 0. The highest BCUT2D eigenvalue weighted by atomic mass is 32.2. The number of allylic oxidation sites excluding steroid dienone is 2. The maximum Gasteiger partial charge on any atom is 0.0955 e. The van der Waals surface area contributed by atoms with Gasteiger partial charge in [0, 0.05) is 15.4 Å². The lowest BCUT2D eigenvalue weighted by molar-refractivity contribution is 0.704. The summed E-state index contributed by atoms with van der Waals surface area (Å²) in [4.78, 5) is 2.53. The molecule has 2 heteroatoms. The van der Waals surface area contributed by atoms with Crippen molar-refractivity contribution >= 4 is 11.8 Å². The van der Waals surface area contributed by atoms with Gasteiger partial charge in [0.15, 0.2) is 0 Å². The van der Waals surface area contributed by atoms with Gasteiger partial charge >= 0.3 is 0 Å². The Bertz CT molecular complexity index is 456. The molecular formula is C19H27NS. The first-order chi connectivity index (χ1) is 10.3. The van der Waals surface area contributed by atoms with Crippen molar-refractivity contribution in [2.75, 3.05) is 0 Å². The molecule has 1 nitrogen and oxygen atoms in total. The van der Waals surface area contributed by atoms with Gasteiger partial charge in [-0.1, -0.05) is 69.5 Å². The maximum absolute atomic E-state index is 9.51. The molecule has 0 bridgehead atoms. The van der Waals surface area contributed by atoms with Crippen LogP contribution in [0.25, 0.3) is 0 Å². The van der Waals surface area contributed by atoms with Gasteiger partial charge in [-0.3, -0.25) is 0 Å². The summed E-state index contributed by atoms with van der Waals surface area (Å²) >= 11 is 1.79. The van der Waals surface area contributed by atoms with Gasteiger partial charge in [0.05, 0.1) is 6.07 Å². The lowest BCUT2D eigenvalue weighted by atomic mass is 10.1. The fourth-order valence-electron chi connectivity index (χ4n) is 2.24. The molecule has 0 aromatic heterocycles. The standard InChI is InChI=1S/C19H27NS/c1-3-5-8-12-17(16-20)19(15-9-6-4-2)21-18-13-10-7-11-14-18/h7,10-11,13-14H,3-6,8-9,12,15H2,1-2H3/b19-17+. The van der Waals surface area contributed by atoms with E-state index in [1.54, 1.807) is 11.8 Å². The molecule has 1 aromatic rings. The zero-order chi connectivity index (χ0) is 15.3. The number of nitriles is 1. The van der Waals surface area contributed by atoms with Gasteiger partial charge in [0.2, 0.25) is 0 Å². The summed E-state index contributed by atoms with van der Waals surface area (Å²) in [5.74, 6) is 0. The van der Waals surface area contributed by atoms with E-state index in [0.717, 1.165) is 24.8 Å². The van der Waals surface area contributed by atoms with Crippen LogP contribution in [0.2, 0.25) is 0 Å². The summed E-state index contributed by atoms with van der Waals surface area (Å²) in [6, 6.07) is 12.9.